The highest BCUT2D eigenvalue weighted by molar-refractivity contribution is 5.73. The largest absolute Gasteiger partial charge is 0.466 e. The molecule has 0 radical (unpaired) electrons. The first-order valence-electron chi connectivity index (χ1n) is 4.81. The van der Waals surface area contributed by atoms with Crippen LogP contribution in [0.2, 0.25) is 0 Å². The maximum Gasteiger partial charge on any atom is 0.309 e. The van der Waals surface area contributed by atoms with Crippen molar-refractivity contribution in [1.29, 1.82) is 0 Å². The molecule has 1 unspecified atom stereocenters. The third-order valence-corrected chi connectivity index (χ3v) is 2.27. The van der Waals surface area contributed by atoms with Crippen molar-refractivity contribution in [2.45, 2.75) is 20.3 Å². The second-order valence-electron chi connectivity index (χ2n) is 3.11. The Morgan fingerprint density at radius 2 is 2.00 bits per heavy atom. The first-order valence-corrected chi connectivity index (χ1v) is 4.81. The van der Waals surface area contributed by atoms with Crippen molar-refractivity contribution >= 4 is 5.97 Å². The molecule has 0 fully saturated rings. The van der Waals surface area contributed by atoms with Crippen LogP contribution in [0, 0.1) is 11.8 Å². The summed E-state index contributed by atoms with van der Waals surface area (Å²) < 4.78 is 5.00. The Bertz CT molecular complexity index is 216. The smallest absolute Gasteiger partial charge is 0.309 e. The molecule has 0 aromatic carbocycles. The quantitative estimate of drug-likeness (QED) is 0.620. The molecule has 0 amide bonds. The Hall–Kier alpha value is -1.05. The molecule has 0 aliphatic heterocycles. The van der Waals surface area contributed by atoms with Crippen molar-refractivity contribution in [3.05, 3.63) is 24.3 Å². The molecule has 2 heteroatoms. The Kier molecular flexibility index (Phi) is 3.74. The number of hydrogen-bond donors (Lipinski definition) is 0. The van der Waals surface area contributed by atoms with Gasteiger partial charge in [-0.05, 0) is 13.3 Å². The van der Waals surface area contributed by atoms with E-state index < -0.39 is 0 Å². The Morgan fingerprint density at radius 1 is 1.38 bits per heavy atom. The van der Waals surface area contributed by atoms with Gasteiger partial charge in [0.25, 0.3) is 0 Å². The lowest BCUT2D eigenvalue weighted by Crippen LogP contribution is -2.22. The zero-order valence-corrected chi connectivity index (χ0v) is 8.19. The Balaban J connectivity index is 2.56. The van der Waals surface area contributed by atoms with Crippen molar-refractivity contribution in [1.82, 2.24) is 0 Å². The molecule has 0 N–H and O–H groups in total. The molecule has 0 aromatic heterocycles. The predicted molar refractivity (Wildman–Crippen MR) is 52.2 cm³/mol. The third-order valence-electron chi connectivity index (χ3n) is 2.27. The highest BCUT2D eigenvalue weighted by atomic mass is 16.5. The van der Waals surface area contributed by atoms with E-state index in [1.165, 1.54) is 0 Å². The van der Waals surface area contributed by atoms with Crippen LogP contribution in [0.4, 0.5) is 0 Å². The lowest BCUT2D eigenvalue weighted by Gasteiger charge is -2.17. The van der Waals surface area contributed by atoms with Crippen molar-refractivity contribution in [3.8, 4) is 0 Å². The fraction of sp³-hybridized carbons (Fsp3) is 0.545. The van der Waals surface area contributed by atoms with Gasteiger partial charge in [0, 0.05) is 5.92 Å². The second-order valence-corrected chi connectivity index (χ2v) is 3.11. The van der Waals surface area contributed by atoms with Crippen LogP contribution < -0.4 is 0 Å². The molecule has 0 aromatic rings. The van der Waals surface area contributed by atoms with E-state index in [1.807, 2.05) is 38.2 Å². The minimum Gasteiger partial charge on any atom is -0.466 e. The summed E-state index contributed by atoms with van der Waals surface area (Å²) >= 11 is 0. The molecule has 2 nitrogen and oxygen atoms in total. The van der Waals surface area contributed by atoms with Gasteiger partial charge in [-0.3, -0.25) is 4.79 Å². The molecule has 0 saturated heterocycles. The highest BCUT2D eigenvalue weighted by Crippen LogP contribution is 2.23. The monoisotopic (exact) mass is 180 g/mol. The molecule has 0 bridgehead atoms. The molecule has 1 atom stereocenters. The molecule has 0 heterocycles. The minimum absolute atomic E-state index is 0.00468. The van der Waals surface area contributed by atoms with E-state index in [2.05, 4.69) is 0 Å². The Labute approximate surface area is 79.3 Å². The van der Waals surface area contributed by atoms with Crippen LogP contribution in [0.25, 0.3) is 0 Å². The Morgan fingerprint density at radius 3 is 2.46 bits per heavy atom. The number of hydrogen-bond acceptors (Lipinski definition) is 2. The van der Waals surface area contributed by atoms with E-state index in [4.69, 9.17) is 4.74 Å². The highest BCUT2D eigenvalue weighted by Gasteiger charge is 2.25. The average molecular weight is 180 g/mol. The van der Waals surface area contributed by atoms with Gasteiger partial charge in [-0.2, -0.15) is 0 Å². The van der Waals surface area contributed by atoms with Crippen molar-refractivity contribution in [2.24, 2.45) is 11.8 Å². The van der Waals surface area contributed by atoms with Gasteiger partial charge in [0.1, 0.15) is 0 Å². The molecule has 1 aliphatic rings. The summed E-state index contributed by atoms with van der Waals surface area (Å²) in [4.78, 5) is 11.5. The first kappa shape index (κ1) is 10.0. The van der Waals surface area contributed by atoms with Gasteiger partial charge in [0.15, 0.2) is 0 Å². The summed E-state index contributed by atoms with van der Waals surface area (Å²) in [6.45, 7) is 4.32. The molecule has 13 heavy (non-hydrogen) atoms. The summed E-state index contributed by atoms with van der Waals surface area (Å²) in [6.07, 6.45) is 8.88. The molecular formula is C11H16O2. The second kappa shape index (κ2) is 4.85. The van der Waals surface area contributed by atoms with Gasteiger partial charge < -0.3 is 4.74 Å². The summed E-state index contributed by atoms with van der Waals surface area (Å²) in [5, 5.41) is 0. The van der Waals surface area contributed by atoms with Crippen molar-refractivity contribution in [2.75, 3.05) is 6.61 Å². The number of carbonyl (C=O) groups excluding carboxylic acids is 1. The van der Waals surface area contributed by atoms with Crippen LogP contribution in [-0.2, 0) is 9.53 Å². The summed E-state index contributed by atoms with van der Waals surface area (Å²) in [5.41, 5.74) is 0. The van der Waals surface area contributed by atoms with E-state index in [1.54, 1.807) is 0 Å². The molecule has 0 saturated carbocycles. The summed E-state index contributed by atoms with van der Waals surface area (Å²) in [6, 6.07) is 0. The number of carbonyl (C=O) groups is 1. The average Bonchev–Trinajstić information content (AvgIpc) is 2.59. The SMILES string of the molecule is CCOC(=O)C(CC)C1C=CC=C1. The van der Waals surface area contributed by atoms with E-state index >= 15 is 0 Å². The van der Waals surface area contributed by atoms with Crippen LogP contribution in [0.15, 0.2) is 24.3 Å². The maximum absolute atomic E-state index is 11.5. The van der Waals surface area contributed by atoms with E-state index in [9.17, 15) is 4.79 Å². The van der Waals surface area contributed by atoms with Gasteiger partial charge in [0.2, 0.25) is 0 Å². The zero-order chi connectivity index (χ0) is 9.68. The lowest BCUT2D eigenvalue weighted by atomic mass is 9.91. The number of allylic oxidation sites excluding steroid dienone is 4. The topological polar surface area (TPSA) is 26.3 Å². The first-order chi connectivity index (χ1) is 6.29. The standard InChI is InChI=1S/C11H16O2/c1-3-10(11(12)13-4-2)9-7-5-6-8-9/h5-10H,3-4H2,1-2H3. The van der Waals surface area contributed by atoms with Crippen molar-refractivity contribution in [3.63, 3.8) is 0 Å². The van der Waals surface area contributed by atoms with E-state index in [0.29, 0.717) is 6.61 Å². The van der Waals surface area contributed by atoms with Crippen LogP contribution in [0.1, 0.15) is 20.3 Å². The van der Waals surface area contributed by atoms with Crippen molar-refractivity contribution < 1.29 is 9.53 Å². The van der Waals surface area contributed by atoms with Crippen LogP contribution in [-0.4, -0.2) is 12.6 Å². The van der Waals surface area contributed by atoms with Gasteiger partial charge in [-0.25, -0.2) is 0 Å². The molecule has 72 valence electrons. The minimum atomic E-state index is -0.0776. The third kappa shape index (κ3) is 2.44. The molecular weight excluding hydrogens is 164 g/mol. The zero-order valence-electron chi connectivity index (χ0n) is 8.19. The lowest BCUT2D eigenvalue weighted by molar-refractivity contribution is -0.148. The van der Waals surface area contributed by atoms with Crippen LogP contribution in [0.3, 0.4) is 0 Å². The fourth-order valence-corrected chi connectivity index (χ4v) is 1.56. The number of ether oxygens (including phenoxy) is 1. The van der Waals surface area contributed by atoms with Crippen LogP contribution in [0.5, 0.6) is 0 Å². The fourth-order valence-electron chi connectivity index (χ4n) is 1.56. The summed E-state index contributed by atoms with van der Waals surface area (Å²) in [7, 11) is 0. The van der Waals surface area contributed by atoms with Crippen LogP contribution >= 0.6 is 0 Å². The molecule has 0 spiro atoms. The number of esters is 1. The molecule has 1 aliphatic carbocycles. The number of rotatable bonds is 4. The normalized spacial score (nSPS) is 17.7. The molecule has 1 rings (SSSR count). The van der Waals surface area contributed by atoms with E-state index in [0.717, 1.165) is 6.42 Å². The van der Waals surface area contributed by atoms with Gasteiger partial charge in [-0.1, -0.05) is 31.2 Å². The predicted octanol–water partition coefficient (Wildman–Crippen LogP) is 2.32. The van der Waals surface area contributed by atoms with Gasteiger partial charge in [-0.15, -0.1) is 0 Å². The maximum atomic E-state index is 11.5. The summed E-state index contributed by atoms with van der Waals surface area (Å²) in [5.74, 6) is 0.158. The van der Waals surface area contributed by atoms with E-state index in [-0.39, 0.29) is 17.8 Å². The van der Waals surface area contributed by atoms with Gasteiger partial charge in [0.05, 0.1) is 12.5 Å². The van der Waals surface area contributed by atoms with Gasteiger partial charge >= 0.3 is 5.97 Å².